The fraction of sp³-hybridized carbons (Fsp3) is 0.136. The third kappa shape index (κ3) is 4.09. The van der Waals surface area contributed by atoms with E-state index in [1.54, 1.807) is 28.8 Å². The predicted molar refractivity (Wildman–Crippen MR) is 114 cm³/mol. The fourth-order valence-electron chi connectivity index (χ4n) is 3.35. The van der Waals surface area contributed by atoms with Gasteiger partial charge in [-0.1, -0.05) is 36.4 Å². The molecule has 3 aromatic rings. The van der Waals surface area contributed by atoms with Crippen LogP contribution in [0.25, 0.3) is 0 Å². The number of non-ortho nitro benzene ring substituents is 1. The molecule has 0 fully saturated rings. The van der Waals surface area contributed by atoms with Crippen molar-refractivity contribution in [1.82, 2.24) is 4.90 Å². The van der Waals surface area contributed by atoms with Gasteiger partial charge in [-0.2, -0.15) is 0 Å². The highest BCUT2D eigenvalue weighted by Crippen LogP contribution is 2.41. The number of nitrogens with two attached hydrogens (primary N) is 1. The summed E-state index contributed by atoms with van der Waals surface area (Å²) in [6.45, 7) is 0.913. The number of benzene rings is 3. The van der Waals surface area contributed by atoms with Gasteiger partial charge in [0.25, 0.3) is 11.6 Å². The van der Waals surface area contributed by atoms with E-state index in [4.69, 9.17) is 5.73 Å². The number of nitro benzene ring substituents is 1. The number of thioether (sulfide) groups is 1. The molecule has 1 aliphatic rings. The Bertz CT molecular complexity index is 1050. The number of anilines is 1. The molecule has 1 heterocycles. The molecule has 29 heavy (non-hydrogen) atoms. The minimum absolute atomic E-state index is 0.0376. The maximum Gasteiger partial charge on any atom is 0.269 e. The number of carbonyl (C=O) groups excluding carboxylic acids is 1. The number of amides is 1. The third-order valence-electron chi connectivity index (χ3n) is 4.89. The molecule has 0 aliphatic carbocycles. The number of hydrogen-bond donors (Lipinski definition) is 1. The molecule has 6 nitrogen and oxygen atoms in total. The first-order valence-corrected chi connectivity index (χ1v) is 10.0. The predicted octanol–water partition coefficient (Wildman–Crippen LogP) is 4.67. The number of rotatable bonds is 4. The zero-order valence-corrected chi connectivity index (χ0v) is 16.3. The highest BCUT2D eigenvalue weighted by molar-refractivity contribution is 7.99. The van der Waals surface area contributed by atoms with E-state index in [9.17, 15) is 14.9 Å². The fourth-order valence-corrected chi connectivity index (χ4v) is 4.65. The van der Waals surface area contributed by atoms with Crippen molar-refractivity contribution in [3.05, 3.63) is 99.6 Å². The molecule has 7 heteroatoms. The monoisotopic (exact) mass is 405 g/mol. The molecule has 1 amide bonds. The zero-order valence-electron chi connectivity index (χ0n) is 15.5. The molecule has 2 N–H and O–H groups in total. The van der Waals surface area contributed by atoms with Crippen LogP contribution in [-0.2, 0) is 6.54 Å². The summed E-state index contributed by atoms with van der Waals surface area (Å²) in [6.07, 6.45) is 0. The first kappa shape index (κ1) is 19.0. The quantitative estimate of drug-likeness (QED) is 0.387. The minimum atomic E-state index is -0.426. The lowest BCUT2D eigenvalue weighted by Gasteiger charge is -2.25. The Kier molecular flexibility index (Phi) is 5.22. The lowest BCUT2D eigenvalue weighted by atomic mass is 10.1. The largest absolute Gasteiger partial charge is 0.399 e. The van der Waals surface area contributed by atoms with E-state index in [0.29, 0.717) is 24.3 Å². The smallest absolute Gasteiger partial charge is 0.269 e. The Morgan fingerprint density at radius 1 is 1.03 bits per heavy atom. The molecule has 1 aliphatic heterocycles. The van der Waals surface area contributed by atoms with Gasteiger partial charge in [-0.25, -0.2) is 0 Å². The molecule has 4 rings (SSSR count). The summed E-state index contributed by atoms with van der Waals surface area (Å²) in [7, 11) is 0. The van der Waals surface area contributed by atoms with E-state index in [-0.39, 0.29) is 16.8 Å². The van der Waals surface area contributed by atoms with Crippen LogP contribution in [0.2, 0.25) is 0 Å². The summed E-state index contributed by atoms with van der Waals surface area (Å²) in [6, 6.07) is 21.7. The van der Waals surface area contributed by atoms with Crippen LogP contribution < -0.4 is 5.73 Å². The molecule has 3 aromatic carbocycles. The van der Waals surface area contributed by atoms with E-state index in [1.165, 1.54) is 12.1 Å². The van der Waals surface area contributed by atoms with E-state index >= 15 is 0 Å². The van der Waals surface area contributed by atoms with Crippen LogP contribution in [0.4, 0.5) is 11.4 Å². The van der Waals surface area contributed by atoms with E-state index in [1.807, 2.05) is 48.5 Å². The highest BCUT2D eigenvalue weighted by atomic mass is 32.2. The minimum Gasteiger partial charge on any atom is -0.399 e. The average molecular weight is 405 g/mol. The first-order chi connectivity index (χ1) is 14.0. The van der Waals surface area contributed by atoms with Gasteiger partial charge in [0.15, 0.2) is 0 Å². The van der Waals surface area contributed by atoms with Crippen molar-refractivity contribution in [3.8, 4) is 0 Å². The molecule has 146 valence electrons. The van der Waals surface area contributed by atoms with Crippen LogP contribution in [0.5, 0.6) is 0 Å². The summed E-state index contributed by atoms with van der Waals surface area (Å²) in [5.41, 5.74) is 9.20. The van der Waals surface area contributed by atoms with Crippen LogP contribution in [0.15, 0.2) is 77.7 Å². The van der Waals surface area contributed by atoms with Gasteiger partial charge >= 0.3 is 0 Å². The summed E-state index contributed by atoms with van der Waals surface area (Å²) < 4.78 is 0. The Labute approximate surface area is 172 Å². The van der Waals surface area contributed by atoms with Gasteiger partial charge in [-0.05, 0) is 35.4 Å². The lowest BCUT2D eigenvalue weighted by Crippen LogP contribution is -2.32. The summed E-state index contributed by atoms with van der Waals surface area (Å²) >= 11 is 1.67. The van der Waals surface area contributed by atoms with Crippen molar-refractivity contribution < 1.29 is 9.72 Å². The molecule has 0 radical (unpaired) electrons. The van der Waals surface area contributed by atoms with Gasteiger partial charge in [-0.3, -0.25) is 14.9 Å². The van der Waals surface area contributed by atoms with Crippen LogP contribution in [0.3, 0.4) is 0 Å². The maximum atomic E-state index is 13.2. The maximum absolute atomic E-state index is 13.2. The van der Waals surface area contributed by atoms with E-state index in [2.05, 4.69) is 0 Å². The molecular formula is C22H19N3O3S. The Morgan fingerprint density at radius 3 is 2.41 bits per heavy atom. The third-order valence-corrected chi connectivity index (χ3v) is 6.20. The van der Waals surface area contributed by atoms with Crippen molar-refractivity contribution in [3.63, 3.8) is 0 Å². The zero-order chi connectivity index (χ0) is 20.4. The highest BCUT2D eigenvalue weighted by Gasteiger charge is 2.29. The summed E-state index contributed by atoms with van der Waals surface area (Å²) in [5.74, 6) is -0.0376. The van der Waals surface area contributed by atoms with Gasteiger partial charge in [0, 0.05) is 35.8 Å². The van der Waals surface area contributed by atoms with Gasteiger partial charge in [0.05, 0.1) is 15.7 Å². The molecule has 0 saturated heterocycles. The second-order valence-corrected chi connectivity index (χ2v) is 8.12. The van der Waals surface area contributed by atoms with Gasteiger partial charge in [-0.15, -0.1) is 11.8 Å². The molecule has 0 aromatic heterocycles. The second kappa shape index (κ2) is 7.97. The van der Waals surface area contributed by atoms with Crippen LogP contribution in [0, 0.1) is 10.1 Å². The number of nitrogens with zero attached hydrogens (tertiary/aromatic N) is 2. The lowest BCUT2D eigenvalue weighted by molar-refractivity contribution is -0.384. The van der Waals surface area contributed by atoms with Gasteiger partial charge < -0.3 is 10.6 Å². The molecule has 0 spiro atoms. The van der Waals surface area contributed by atoms with E-state index < -0.39 is 4.92 Å². The van der Waals surface area contributed by atoms with Crippen molar-refractivity contribution >= 4 is 29.0 Å². The van der Waals surface area contributed by atoms with Crippen molar-refractivity contribution in [1.29, 1.82) is 0 Å². The number of nitro groups is 1. The molecule has 1 atom stereocenters. The summed E-state index contributed by atoms with van der Waals surface area (Å²) in [4.78, 5) is 26.5. The van der Waals surface area contributed by atoms with Crippen LogP contribution in [0.1, 0.15) is 26.7 Å². The van der Waals surface area contributed by atoms with Crippen molar-refractivity contribution in [2.24, 2.45) is 0 Å². The number of fused-ring (bicyclic) bond motifs is 1. The summed E-state index contributed by atoms with van der Waals surface area (Å²) in [5, 5.41) is 10.9. The topological polar surface area (TPSA) is 89.5 Å². The number of nitrogen functional groups attached to an aromatic ring is 1. The molecule has 0 bridgehead atoms. The van der Waals surface area contributed by atoms with Gasteiger partial charge in [0.2, 0.25) is 0 Å². The Hall–Kier alpha value is -3.32. The van der Waals surface area contributed by atoms with Crippen LogP contribution >= 0.6 is 11.8 Å². The number of hydrogen-bond acceptors (Lipinski definition) is 5. The van der Waals surface area contributed by atoms with Gasteiger partial charge in [0.1, 0.15) is 0 Å². The van der Waals surface area contributed by atoms with Crippen molar-refractivity contribution in [2.75, 3.05) is 12.3 Å². The van der Waals surface area contributed by atoms with Crippen molar-refractivity contribution in [2.45, 2.75) is 16.7 Å². The Balaban J connectivity index is 1.66. The molecular weight excluding hydrogens is 386 g/mol. The molecule has 0 saturated carbocycles. The van der Waals surface area contributed by atoms with Crippen LogP contribution in [-0.4, -0.2) is 22.3 Å². The second-order valence-electron chi connectivity index (χ2n) is 6.88. The Morgan fingerprint density at radius 2 is 1.72 bits per heavy atom. The van der Waals surface area contributed by atoms with E-state index in [0.717, 1.165) is 16.0 Å². The number of carbonyl (C=O) groups is 1. The standard InChI is InChI=1S/C22H19N3O3S/c23-17-9-7-16(8-10-17)21-14-24(13-15-5-11-18(12-6-15)25(27)28)22(26)19-3-1-2-4-20(19)29-21/h1-12,21H,13-14,23H2. The SMILES string of the molecule is Nc1ccc(C2CN(Cc3ccc([N+](=O)[O-])cc3)C(=O)c3ccccc3S2)cc1. The molecule has 1 unspecified atom stereocenters. The average Bonchev–Trinajstić information content (AvgIpc) is 2.86. The normalized spacial score (nSPS) is 16.2. The first-order valence-electron chi connectivity index (χ1n) is 9.15.